The summed E-state index contributed by atoms with van der Waals surface area (Å²) < 4.78 is 23.0. The highest BCUT2D eigenvalue weighted by Crippen LogP contribution is 2.18. The van der Waals surface area contributed by atoms with E-state index in [-0.39, 0.29) is 42.4 Å². The van der Waals surface area contributed by atoms with Crippen LogP contribution < -0.4 is 5.73 Å². The van der Waals surface area contributed by atoms with Crippen molar-refractivity contribution in [1.82, 2.24) is 4.90 Å². The smallest absolute Gasteiger partial charge is 0.254 e. The predicted octanol–water partition coefficient (Wildman–Crippen LogP) is -0.901. The number of aliphatic hydroxyl groups is 2. The number of hydrogen-bond acceptors (Lipinski definition) is 6. The molecule has 0 aliphatic carbocycles. The third-order valence-corrected chi connectivity index (χ3v) is 3.72. The summed E-state index contributed by atoms with van der Waals surface area (Å²) in [6, 6.07) is 3.86. The Hall–Kier alpha value is -1.64. The number of carbonyl (C=O) groups is 1. The fraction of sp³-hybridized carbons (Fsp3) is 0.417. The molecular weight excluding hydrogens is 284 g/mol. The first-order chi connectivity index (χ1) is 9.29. The summed E-state index contributed by atoms with van der Waals surface area (Å²) in [6.45, 7) is -0.426. The van der Waals surface area contributed by atoms with Gasteiger partial charge in [-0.2, -0.15) is 0 Å². The molecule has 8 heteroatoms. The normalized spacial score (nSPS) is 11.3. The summed E-state index contributed by atoms with van der Waals surface area (Å²) in [4.78, 5) is 13.4. The van der Waals surface area contributed by atoms with Crippen molar-refractivity contribution in [3.63, 3.8) is 0 Å². The summed E-state index contributed by atoms with van der Waals surface area (Å²) in [5.41, 5.74) is 5.87. The second-order valence-corrected chi connectivity index (χ2v) is 6.32. The van der Waals surface area contributed by atoms with Crippen molar-refractivity contribution in [1.29, 1.82) is 0 Å². The summed E-state index contributed by atoms with van der Waals surface area (Å²) in [5.74, 6) is -0.495. The highest BCUT2D eigenvalue weighted by Gasteiger charge is 2.18. The maximum atomic E-state index is 12.2. The van der Waals surface area contributed by atoms with E-state index >= 15 is 0 Å². The molecule has 0 atom stereocenters. The number of sulfone groups is 1. The molecule has 0 spiro atoms. The van der Waals surface area contributed by atoms with E-state index in [0.717, 1.165) is 6.26 Å². The van der Waals surface area contributed by atoms with Gasteiger partial charge in [-0.15, -0.1) is 0 Å². The maximum absolute atomic E-state index is 12.2. The van der Waals surface area contributed by atoms with E-state index in [4.69, 9.17) is 15.9 Å². The Morgan fingerprint density at radius 3 is 2.20 bits per heavy atom. The minimum Gasteiger partial charge on any atom is -0.399 e. The van der Waals surface area contributed by atoms with Crippen LogP contribution in [0.2, 0.25) is 0 Å². The van der Waals surface area contributed by atoms with Crippen LogP contribution in [0.4, 0.5) is 5.69 Å². The van der Waals surface area contributed by atoms with Crippen LogP contribution >= 0.6 is 0 Å². The summed E-state index contributed by atoms with van der Waals surface area (Å²) in [6.07, 6.45) is 1.02. The molecule has 1 aromatic carbocycles. The Morgan fingerprint density at radius 1 is 1.20 bits per heavy atom. The lowest BCUT2D eigenvalue weighted by Crippen LogP contribution is -2.36. The van der Waals surface area contributed by atoms with Crippen molar-refractivity contribution in [2.24, 2.45) is 0 Å². The minimum absolute atomic E-state index is 0.0440. The van der Waals surface area contributed by atoms with E-state index in [1.165, 1.54) is 23.1 Å². The first-order valence-electron chi connectivity index (χ1n) is 5.91. The van der Waals surface area contributed by atoms with E-state index in [2.05, 4.69) is 0 Å². The molecule has 0 saturated carbocycles. The number of carbonyl (C=O) groups excluding carboxylic acids is 1. The van der Waals surface area contributed by atoms with Crippen molar-refractivity contribution < 1.29 is 23.4 Å². The van der Waals surface area contributed by atoms with E-state index in [1.807, 2.05) is 0 Å². The maximum Gasteiger partial charge on any atom is 0.254 e. The predicted molar refractivity (Wildman–Crippen MR) is 74.0 cm³/mol. The lowest BCUT2D eigenvalue weighted by atomic mass is 10.1. The van der Waals surface area contributed by atoms with Crippen molar-refractivity contribution in [2.75, 3.05) is 38.3 Å². The van der Waals surface area contributed by atoms with Crippen molar-refractivity contribution in [3.05, 3.63) is 23.8 Å². The molecule has 0 aliphatic rings. The molecule has 7 nitrogen and oxygen atoms in total. The monoisotopic (exact) mass is 302 g/mol. The topological polar surface area (TPSA) is 121 Å². The average Bonchev–Trinajstić information content (AvgIpc) is 2.36. The molecule has 0 aliphatic heterocycles. The molecule has 0 fully saturated rings. The number of amides is 1. The molecule has 4 N–H and O–H groups in total. The van der Waals surface area contributed by atoms with Crippen LogP contribution in [-0.2, 0) is 9.84 Å². The van der Waals surface area contributed by atoms with Gasteiger partial charge in [-0.25, -0.2) is 8.42 Å². The lowest BCUT2D eigenvalue weighted by molar-refractivity contribution is 0.0684. The Kier molecular flexibility index (Phi) is 5.49. The van der Waals surface area contributed by atoms with Crippen molar-refractivity contribution >= 4 is 21.4 Å². The quantitative estimate of drug-likeness (QED) is 0.586. The van der Waals surface area contributed by atoms with Crippen molar-refractivity contribution in [2.45, 2.75) is 4.90 Å². The molecule has 20 heavy (non-hydrogen) atoms. The Morgan fingerprint density at radius 2 is 1.75 bits per heavy atom. The van der Waals surface area contributed by atoms with Gasteiger partial charge in [0.1, 0.15) is 0 Å². The SMILES string of the molecule is CS(=O)(=O)c1cc(N)cc(C(=O)N(CCO)CCO)c1. The van der Waals surface area contributed by atoms with Crippen LogP contribution in [0.3, 0.4) is 0 Å². The molecule has 1 aromatic rings. The van der Waals surface area contributed by atoms with Crippen LogP contribution in [0.25, 0.3) is 0 Å². The molecule has 0 heterocycles. The van der Waals surface area contributed by atoms with Gasteiger partial charge in [0.15, 0.2) is 9.84 Å². The molecule has 0 aromatic heterocycles. The number of nitrogens with zero attached hydrogens (tertiary/aromatic N) is 1. The molecule has 1 rings (SSSR count). The van der Waals surface area contributed by atoms with Crippen molar-refractivity contribution in [3.8, 4) is 0 Å². The highest BCUT2D eigenvalue weighted by atomic mass is 32.2. The number of nitrogen functional groups attached to an aromatic ring is 1. The number of aliphatic hydroxyl groups excluding tert-OH is 2. The van der Waals surface area contributed by atoms with Crippen LogP contribution in [-0.4, -0.2) is 62.0 Å². The van der Waals surface area contributed by atoms with Crippen LogP contribution in [0, 0.1) is 0 Å². The largest absolute Gasteiger partial charge is 0.399 e. The Labute approximate surface area is 117 Å². The third kappa shape index (κ3) is 4.19. The number of nitrogens with two attached hydrogens (primary N) is 1. The van der Waals surface area contributed by atoms with Gasteiger partial charge < -0.3 is 20.8 Å². The van der Waals surface area contributed by atoms with E-state index in [1.54, 1.807) is 0 Å². The molecular formula is C12H18N2O5S. The molecule has 0 unspecified atom stereocenters. The number of anilines is 1. The van der Waals surface area contributed by atoms with Gasteiger partial charge in [0.05, 0.1) is 18.1 Å². The fourth-order valence-electron chi connectivity index (χ4n) is 1.70. The Balaban J connectivity index is 3.18. The zero-order valence-corrected chi connectivity index (χ0v) is 11.9. The van der Waals surface area contributed by atoms with Crippen LogP contribution in [0.5, 0.6) is 0 Å². The summed E-state index contributed by atoms with van der Waals surface area (Å²) in [5, 5.41) is 17.8. The second-order valence-electron chi connectivity index (χ2n) is 4.30. The van der Waals surface area contributed by atoms with Gasteiger partial charge >= 0.3 is 0 Å². The summed E-state index contributed by atoms with van der Waals surface area (Å²) in [7, 11) is -3.48. The highest BCUT2D eigenvalue weighted by molar-refractivity contribution is 7.90. The number of hydrogen-bond donors (Lipinski definition) is 3. The third-order valence-electron chi connectivity index (χ3n) is 2.63. The number of benzene rings is 1. The Bertz CT molecular complexity index is 580. The molecule has 0 bridgehead atoms. The van der Waals surface area contributed by atoms with Gasteiger partial charge in [0, 0.05) is 30.6 Å². The van der Waals surface area contributed by atoms with Crippen LogP contribution in [0.1, 0.15) is 10.4 Å². The standard InChI is InChI=1S/C12H18N2O5S/c1-20(18,19)11-7-9(6-10(13)8-11)12(17)14(2-4-15)3-5-16/h6-8,15-16H,2-5,13H2,1H3. The molecule has 1 amide bonds. The zero-order chi connectivity index (χ0) is 15.3. The summed E-state index contributed by atoms with van der Waals surface area (Å²) >= 11 is 0. The molecule has 112 valence electrons. The average molecular weight is 302 g/mol. The van der Waals surface area contributed by atoms with Gasteiger partial charge in [-0.05, 0) is 18.2 Å². The van der Waals surface area contributed by atoms with E-state index in [9.17, 15) is 13.2 Å². The van der Waals surface area contributed by atoms with Crippen LogP contribution in [0.15, 0.2) is 23.1 Å². The van der Waals surface area contributed by atoms with E-state index < -0.39 is 15.7 Å². The first kappa shape index (κ1) is 16.4. The first-order valence-corrected chi connectivity index (χ1v) is 7.80. The van der Waals surface area contributed by atoms with E-state index in [0.29, 0.717) is 0 Å². The van der Waals surface area contributed by atoms with Gasteiger partial charge in [0.2, 0.25) is 0 Å². The lowest BCUT2D eigenvalue weighted by Gasteiger charge is -2.21. The minimum atomic E-state index is -3.48. The molecule has 0 saturated heterocycles. The molecule has 0 radical (unpaired) electrons. The van der Waals surface area contributed by atoms with Gasteiger partial charge in [-0.3, -0.25) is 4.79 Å². The van der Waals surface area contributed by atoms with Gasteiger partial charge in [-0.1, -0.05) is 0 Å². The zero-order valence-electron chi connectivity index (χ0n) is 11.1. The fourth-order valence-corrected chi connectivity index (χ4v) is 2.39. The number of rotatable bonds is 6. The van der Waals surface area contributed by atoms with Gasteiger partial charge in [0.25, 0.3) is 5.91 Å². The second kappa shape index (κ2) is 6.69.